The molecule has 1 fully saturated rings. The van der Waals surface area contributed by atoms with Crippen molar-refractivity contribution < 1.29 is 9.90 Å². The monoisotopic (exact) mass is 219 g/mol. The quantitative estimate of drug-likeness (QED) is 0.738. The third-order valence-electron chi connectivity index (χ3n) is 2.09. The molecule has 0 spiro atoms. The zero-order valence-electron chi connectivity index (χ0n) is 9.68. The van der Waals surface area contributed by atoms with Gasteiger partial charge < -0.3 is 5.11 Å². The number of nitriles is 1. The van der Waals surface area contributed by atoms with E-state index in [0.29, 0.717) is 0 Å². The summed E-state index contributed by atoms with van der Waals surface area (Å²) < 4.78 is 0. The second-order valence-corrected chi connectivity index (χ2v) is 3.11. The van der Waals surface area contributed by atoms with Gasteiger partial charge in [-0.1, -0.05) is 26.0 Å². The second-order valence-electron chi connectivity index (χ2n) is 3.11. The molecule has 1 aromatic rings. The molecule has 0 heterocycles. The average Bonchev–Trinajstić information content (AvgIpc) is 3.17. The van der Waals surface area contributed by atoms with E-state index in [1.54, 1.807) is 0 Å². The number of rotatable bonds is 1. The highest BCUT2D eigenvalue weighted by atomic mass is 16.3. The minimum atomic E-state index is -0.250. The van der Waals surface area contributed by atoms with Crippen molar-refractivity contribution in [1.82, 2.24) is 0 Å². The Labute approximate surface area is 96.3 Å². The van der Waals surface area contributed by atoms with E-state index in [9.17, 15) is 0 Å². The molecule has 3 nitrogen and oxygen atoms in total. The molecule has 1 N–H and O–H groups in total. The normalized spacial score (nSPS) is 12.1. The predicted octanol–water partition coefficient (Wildman–Crippen LogP) is 3.16. The van der Waals surface area contributed by atoms with Gasteiger partial charge in [0, 0.05) is 0 Å². The largest absolute Gasteiger partial charge is 0.483 e. The van der Waals surface area contributed by atoms with Crippen LogP contribution in [0.1, 0.15) is 43.7 Å². The fourth-order valence-corrected chi connectivity index (χ4v) is 1.25. The van der Waals surface area contributed by atoms with Crippen molar-refractivity contribution in [3.63, 3.8) is 0 Å². The predicted molar refractivity (Wildman–Crippen MR) is 63.2 cm³/mol. The van der Waals surface area contributed by atoms with Crippen molar-refractivity contribution >= 4 is 6.47 Å². The standard InChI is InChI=1S/C10H9N.C2H6.CH2O2/c11-7-8-1-3-9(4-2-8)10-5-6-10;1-2;2-1-3/h1-4,10H,5-6H2;1-2H3;1H,(H,2,3). The Hall–Kier alpha value is -1.82. The Balaban J connectivity index is 0.000000394. The Morgan fingerprint density at radius 3 is 2.06 bits per heavy atom. The fraction of sp³-hybridized carbons (Fsp3) is 0.385. The summed E-state index contributed by atoms with van der Waals surface area (Å²) in [6.07, 6.45) is 2.65. The SMILES string of the molecule is CC.N#Cc1ccc(C2CC2)cc1.O=CO. The topological polar surface area (TPSA) is 61.1 Å². The van der Waals surface area contributed by atoms with E-state index in [1.807, 2.05) is 26.0 Å². The van der Waals surface area contributed by atoms with E-state index < -0.39 is 0 Å². The summed E-state index contributed by atoms with van der Waals surface area (Å²) in [5.41, 5.74) is 2.15. The lowest BCUT2D eigenvalue weighted by Gasteiger charge is -1.95. The summed E-state index contributed by atoms with van der Waals surface area (Å²) in [6, 6.07) is 10.0. The van der Waals surface area contributed by atoms with Crippen LogP contribution in [-0.2, 0) is 4.79 Å². The van der Waals surface area contributed by atoms with Crippen molar-refractivity contribution in [2.24, 2.45) is 0 Å². The lowest BCUT2D eigenvalue weighted by molar-refractivity contribution is -0.122. The third kappa shape index (κ3) is 5.16. The maximum atomic E-state index is 8.53. The van der Waals surface area contributed by atoms with Crippen LogP contribution in [0.3, 0.4) is 0 Å². The molecule has 1 aliphatic rings. The van der Waals surface area contributed by atoms with Gasteiger partial charge in [-0.2, -0.15) is 5.26 Å². The maximum Gasteiger partial charge on any atom is 0.290 e. The van der Waals surface area contributed by atoms with E-state index >= 15 is 0 Å². The van der Waals surface area contributed by atoms with Gasteiger partial charge in [0.25, 0.3) is 6.47 Å². The van der Waals surface area contributed by atoms with Gasteiger partial charge >= 0.3 is 0 Å². The molecule has 3 heteroatoms. The highest BCUT2D eigenvalue weighted by Gasteiger charge is 2.22. The van der Waals surface area contributed by atoms with Crippen molar-refractivity contribution in [2.75, 3.05) is 0 Å². The Morgan fingerprint density at radius 1 is 1.31 bits per heavy atom. The van der Waals surface area contributed by atoms with Gasteiger partial charge in [-0.3, -0.25) is 4.79 Å². The van der Waals surface area contributed by atoms with Gasteiger partial charge in [-0.15, -0.1) is 0 Å². The van der Waals surface area contributed by atoms with Crippen LogP contribution < -0.4 is 0 Å². The zero-order chi connectivity index (χ0) is 12.4. The van der Waals surface area contributed by atoms with Crippen molar-refractivity contribution in [1.29, 1.82) is 5.26 Å². The molecule has 0 unspecified atom stereocenters. The molecule has 2 rings (SSSR count). The van der Waals surface area contributed by atoms with Crippen molar-refractivity contribution in [2.45, 2.75) is 32.6 Å². The smallest absolute Gasteiger partial charge is 0.290 e. The van der Waals surface area contributed by atoms with E-state index in [2.05, 4.69) is 18.2 Å². The summed E-state index contributed by atoms with van der Waals surface area (Å²) in [6.45, 7) is 3.75. The van der Waals surface area contributed by atoms with Crippen LogP contribution in [0.15, 0.2) is 24.3 Å². The van der Waals surface area contributed by atoms with E-state index in [4.69, 9.17) is 15.2 Å². The van der Waals surface area contributed by atoms with Crippen LogP contribution in [0.4, 0.5) is 0 Å². The van der Waals surface area contributed by atoms with Crippen LogP contribution in [0.2, 0.25) is 0 Å². The van der Waals surface area contributed by atoms with E-state index in [0.717, 1.165) is 11.5 Å². The number of carbonyl (C=O) groups is 1. The summed E-state index contributed by atoms with van der Waals surface area (Å²) in [5, 5.41) is 15.4. The first-order chi connectivity index (χ1) is 7.81. The summed E-state index contributed by atoms with van der Waals surface area (Å²) >= 11 is 0. The summed E-state index contributed by atoms with van der Waals surface area (Å²) in [7, 11) is 0. The molecule has 0 amide bonds. The molecule has 0 saturated heterocycles. The fourth-order valence-electron chi connectivity index (χ4n) is 1.25. The second kappa shape index (κ2) is 8.49. The first kappa shape index (κ1) is 14.2. The van der Waals surface area contributed by atoms with E-state index in [1.165, 1.54) is 18.4 Å². The molecule has 16 heavy (non-hydrogen) atoms. The summed E-state index contributed by atoms with van der Waals surface area (Å²) in [5.74, 6) is 0.794. The lowest BCUT2D eigenvalue weighted by atomic mass is 10.1. The zero-order valence-corrected chi connectivity index (χ0v) is 9.68. The minimum Gasteiger partial charge on any atom is -0.483 e. The third-order valence-corrected chi connectivity index (χ3v) is 2.09. The van der Waals surface area contributed by atoms with Crippen LogP contribution in [-0.4, -0.2) is 11.6 Å². The molecule has 1 saturated carbocycles. The molecule has 0 aromatic heterocycles. The van der Waals surface area contributed by atoms with Crippen LogP contribution >= 0.6 is 0 Å². The number of hydrogen-bond acceptors (Lipinski definition) is 2. The van der Waals surface area contributed by atoms with Gasteiger partial charge in [0.05, 0.1) is 11.6 Å². The van der Waals surface area contributed by atoms with Crippen molar-refractivity contribution in [3.8, 4) is 6.07 Å². The number of benzene rings is 1. The first-order valence-corrected chi connectivity index (χ1v) is 5.39. The molecule has 86 valence electrons. The molecule has 0 bridgehead atoms. The van der Waals surface area contributed by atoms with Crippen molar-refractivity contribution in [3.05, 3.63) is 35.4 Å². The molecular weight excluding hydrogens is 202 g/mol. The van der Waals surface area contributed by atoms with Crippen LogP contribution in [0.5, 0.6) is 0 Å². The molecule has 0 atom stereocenters. The van der Waals surface area contributed by atoms with E-state index in [-0.39, 0.29) is 6.47 Å². The van der Waals surface area contributed by atoms with Gasteiger partial charge in [0.15, 0.2) is 0 Å². The van der Waals surface area contributed by atoms with Gasteiger partial charge in [0.2, 0.25) is 0 Å². The maximum absolute atomic E-state index is 8.53. The Morgan fingerprint density at radius 2 is 1.75 bits per heavy atom. The van der Waals surface area contributed by atoms with Crippen LogP contribution in [0.25, 0.3) is 0 Å². The van der Waals surface area contributed by atoms with Gasteiger partial charge in [-0.25, -0.2) is 0 Å². The molecule has 1 aliphatic carbocycles. The highest BCUT2D eigenvalue weighted by Crippen LogP contribution is 2.39. The first-order valence-electron chi connectivity index (χ1n) is 5.39. The number of hydrogen-bond donors (Lipinski definition) is 1. The lowest BCUT2D eigenvalue weighted by Crippen LogP contribution is -1.78. The minimum absolute atomic E-state index is 0.250. The summed E-state index contributed by atoms with van der Waals surface area (Å²) in [4.78, 5) is 8.36. The number of carboxylic acid groups (broad SMARTS) is 1. The molecule has 1 aromatic carbocycles. The van der Waals surface area contributed by atoms with Gasteiger partial charge in [-0.05, 0) is 36.5 Å². The highest BCUT2D eigenvalue weighted by molar-refractivity contribution is 5.34. The molecule has 0 radical (unpaired) electrons. The van der Waals surface area contributed by atoms with Gasteiger partial charge in [0.1, 0.15) is 0 Å². The Bertz CT molecular complexity index is 334. The number of nitrogens with zero attached hydrogens (tertiary/aromatic N) is 1. The average molecular weight is 219 g/mol. The molecular formula is C13H17NO2. The van der Waals surface area contributed by atoms with Crippen LogP contribution in [0, 0.1) is 11.3 Å². The Kier molecular flexibility index (Phi) is 7.52. The molecule has 0 aliphatic heterocycles.